The van der Waals surface area contributed by atoms with Crippen LogP contribution < -0.4 is 10.2 Å². The lowest BCUT2D eigenvalue weighted by Gasteiger charge is -2.28. The molecule has 0 unspecified atom stereocenters. The predicted octanol–water partition coefficient (Wildman–Crippen LogP) is 4.08. The first-order valence-corrected chi connectivity index (χ1v) is 9.89. The van der Waals surface area contributed by atoms with Crippen LogP contribution in [0.1, 0.15) is 34.8 Å². The molecule has 1 fully saturated rings. The number of hydrogen-bond acceptors (Lipinski definition) is 3. The van der Waals surface area contributed by atoms with Gasteiger partial charge in [-0.1, -0.05) is 28.1 Å². The highest BCUT2D eigenvalue weighted by Gasteiger charge is 2.24. The number of carbonyl (C=O) groups is 1. The summed E-state index contributed by atoms with van der Waals surface area (Å²) < 4.78 is 0.977. The van der Waals surface area contributed by atoms with Crippen LogP contribution in [0.25, 0.3) is 0 Å². The molecule has 2 aromatic rings. The number of rotatable bonds is 6. The van der Waals surface area contributed by atoms with Gasteiger partial charge in [-0.15, -0.1) is 0 Å². The number of likely N-dealkylation sites (tertiary alicyclic amines) is 1. The Kier molecular flexibility index (Phi) is 6.33. The fourth-order valence-corrected chi connectivity index (χ4v) is 3.66. The zero-order chi connectivity index (χ0) is 18.5. The van der Waals surface area contributed by atoms with Gasteiger partial charge in [-0.3, -0.25) is 9.69 Å². The average Bonchev–Trinajstić information content (AvgIpc) is 3.17. The Balaban J connectivity index is 1.72. The van der Waals surface area contributed by atoms with Gasteiger partial charge in [0.1, 0.15) is 0 Å². The molecule has 1 N–H and O–H groups in total. The average molecular weight is 416 g/mol. The third-order valence-corrected chi connectivity index (χ3v) is 5.47. The van der Waals surface area contributed by atoms with Crippen molar-refractivity contribution in [2.45, 2.75) is 18.9 Å². The number of halogens is 1. The van der Waals surface area contributed by atoms with Crippen LogP contribution in [-0.2, 0) is 0 Å². The van der Waals surface area contributed by atoms with Crippen LogP contribution >= 0.6 is 15.9 Å². The first-order valence-electron chi connectivity index (χ1n) is 9.10. The number of benzene rings is 2. The van der Waals surface area contributed by atoms with E-state index in [1.807, 2.05) is 38.4 Å². The van der Waals surface area contributed by atoms with E-state index in [4.69, 9.17) is 0 Å². The number of nitrogens with zero attached hydrogens (tertiary/aromatic N) is 2. The first-order chi connectivity index (χ1) is 12.5. The van der Waals surface area contributed by atoms with Gasteiger partial charge in [0.05, 0.1) is 6.04 Å². The van der Waals surface area contributed by atoms with Crippen LogP contribution in [0.3, 0.4) is 0 Å². The molecule has 0 radical (unpaired) electrons. The van der Waals surface area contributed by atoms with Crippen molar-refractivity contribution >= 4 is 27.5 Å². The molecular formula is C21H26BrN3O. The molecular weight excluding hydrogens is 390 g/mol. The summed E-state index contributed by atoms with van der Waals surface area (Å²) in [6.45, 7) is 2.80. The Morgan fingerprint density at radius 3 is 2.27 bits per heavy atom. The van der Waals surface area contributed by atoms with Crippen LogP contribution in [0.5, 0.6) is 0 Å². The molecule has 0 bridgehead atoms. The number of carbonyl (C=O) groups excluding carboxylic acids is 1. The van der Waals surface area contributed by atoms with E-state index in [0.717, 1.165) is 17.6 Å². The Labute approximate surface area is 164 Å². The van der Waals surface area contributed by atoms with Crippen molar-refractivity contribution in [2.24, 2.45) is 0 Å². The molecule has 1 amide bonds. The molecule has 26 heavy (non-hydrogen) atoms. The number of anilines is 1. The van der Waals surface area contributed by atoms with Crippen LogP contribution in [0.15, 0.2) is 53.0 Å². The van der Waals surface area contributed by atoms with Crippen LogP contribution in [-0.4, -0.2) is 44.5 Å². The van der Waals surface area contributed by atoms with Crippen molar-refractivity contribution in [3.63, 3.8) is 0 Å². The maximum absolute atomic E-state index is 12.5. The molecule has 3 rings (SSSR count). The fourth-order valence-electron chi connectivity index (χ4n) is 3.40. The second-order valence-corrected chi connectivity index (χ2v) is 7.88. The van der Waals surface area contributed by atoms with E-state index in [-0.39, 0.29) is 11.9 Å². The summed E-state index contributed by atoms with van der Waals surface area (Å²) in [5.41, 5.74) is 3.14. The van der Waals surface area contributed by atoms with Crippen molar-refractivity contribution in [3.8, 4) is 0 Å². The number of amides is 1. The molecule has 1 aliphatic heterocycles. The van der Waals surface area contributed by atoms with E-state index >= 15 is 0 Å². The van der Waals surface area contributed by atoms with Crippen molar-refractivity contribution < 1.29 is 4.79 Å². The van der Waals surface area contributed by atoms with Crippen LogP contribution in [0.2, 0.25) is 0 Å². The summed E-state index contributed by atoms with van der Waals surface area (Å²) in [6.07, 6.45) is 2.46. The SMILES string of the molecule is CN(C)c1ccc([C@H](CNC(=O)c2ccc(Br)cc2)N2CCCC2)cc1. The largest absolute Gasteiger partial charge is 0.378 e. The fraction of sp³-hybridized carbons (Fsp3) is 0.381. The molecule has 1 atom stereocenters. The van der Waals surface area contributed by atoms with Gasteiger partial charge < -0.3 is 10.2 Å². The van der Waals surface area contributed by atoms with E-state index in [1.165, 1.54) is 24.1 Å². The van der Waals surface area contributed by atoms with Gasteiger partial charge in [-0.25, -0.2) is 0 Å². The molecule has 138 valence electrons. The van der Waals surface area contributed by atoms with Crippen molar-refractivity contribution in [3.05, 3.63) is 64.1 Å². The highest BCUT2D eigenvalue weighted by molar-refractivity contribution is 9.10. The number of nitrogens with one attached hydrogen (secondary N) is 1. The molecule has 0 saturated carbocycles. The highest BCUT2D eigenvalue weighted by Crippen LogP contribution is 2.26. The van der Waals surface area contributed by atoms with Crippen molar-refractivity contribution in [1.29, 1.82) is 0 Å². The zero-order valence-corrected chi connectivity index (χ0v) is 17.0. The highest BCUT2D eigenvalue weighted by atomic mass is 79.9. The van der Waals surface area contributed by atoms with E-state index < -0.39 is 0 Å². The quantitative estimate of drug-likeness (QED) is 0.771. The minimum absolute atomic E-state index is 0.0217. The molecule has 0 aliphatic carbocycles. The predicted molar refractivity (Wildman–Crippen MR) is 111 cm³/mol. The Hall–Kier alpha value is -1.85. The molecule has 1 aliphatic rings. The molecule has 1 heterocycles. The van der Waals surface area contributed by atoms with Gasteiger partial charge in [0, 0.05) is 36.4 Å². The smallest absolute Gasteiger partial charge is 0.251 e. The third kappa shape index (κ3) is 4.65. The van der Waals surface area contributed by atoms with E-state index in [0.29, 0.717) is 12.1 Å². The molecule has 5 heteroatoms. The summed E-state index contributed by atoms with van der Waals surface area (Å²) in [6, 6.07) is 16.4. The first kappa shape index (κ1) is 18.9. The van der Waals surface area contributed by atoms with Crippen LogP contribution in [0, 0.1) is 0 Å². The summed E-state index contributed by atoms with van der Waals surface area (Å²) in [5.74, 6) is -0.0217. The minimum atomic E-state index is -0.0217. The summed E-state index contributed by atoms with van der Waals surface area (Å²) >= 11 is 3.41. The van der Waals surface area contributed by atoms with Gasteiger partial charge in [0.2, 0.25) is 0 Å². The number of hydrogen-bond donors (Lipinski definition) is 1. The lowest BCUT2D eigenvalue weighted by molar-refractivity contribution is 0.0938. The van der Waals surface area contributed by atoms with Crippen molar-refractivity contribution in [2.75, 3.05) is 38.6 Å². The Bertz CT molecular complexity index is 722. The third-order valence-electron chi connectivity index (χ3n) is 4.94. The lowest BCUT2D eigenvalue weighted by Crippen LogP contribution is -2.36. The summed E-state index contributed by atoms with van der Waals surface area (Å²) in [7, 11) is 4.09. The van der Waals surface area contributed by atoms with Gasteiger partial charge in [-0.2, -0.15) is 0 Å². The molecule has 0 spiro atoms. The normalized spacial score (nSPS) is 15.7. The van der Waals surface area contributed by atoms with E-state index in [9.17, 15) is 4.79 Å². The molecule has 4 nitrogen and oxygen atoms in total. The van der Waals surface area contributed by atoms with E-state index in [2.05, 4.69) is 55.3 Å². The van der Waals surface area contributed by atoms with Gasteiger partial charge in [0.15, 0.2) is 0 Å². The van der Waals surface area contributed by atoms with Gasteiger partial charge in [-0.05, 0) is 67.9 Å². The summed E-state index contributed by atoms with van der Waals surface area (Å²) in [4.78, 5) is 17.1. The Morgan fingerprint density at radius 1 is 1.08 bits per heavy atom. The standard InChI is InChI=1S/C21H26BrN3O/c1-24(2)19-11-7-16(8-12-19)20(25-13-3-4-14-25)15-23-21(26)17-5-9-18(22)10-6-17/h5-12,20H,3-4,13-15H2,1-2H3,(H,23,26)/t20-/m0/s1. The van der Waals surface area contributed by atoms with Crippen LogP contribution in [0.4, 0.5) is 5.69 Å². The molecule has 1 saturated heterocycles. The maximum Gasteiger partial charge on any atom is 0.251 e. The lowest BCUT2D eigenvalue weighted by atomic mass is 10.0. The van der Waals surface area contributed by atoms with Gasteiger partial charge in [0.25, 0.3) is 5.91 Å². The maximum atomic E-state index is 12.5. The monoisotopic (exact) mass is 415 g/mol. The zero-order valence-electron chi connectivity index (χ0n) is 15.4. The van der Waals surface area contributed by atoms with Crippen molar-refractivity contribution in [1.82, 2.24) is 10.2 Å². The second kappa shape index (κ2) is 8.69. The summed E-state index contributed by atoms with van der Waals surface area (Å²) in [5, 5.41) is 3.12. The minimum Gasteiger partial charge on any atom is -0.378 e. The van der Waals surface area contributed by atoms with Gasteiger partial charge >= 0.3 is 0 Å². The molecule has 0 aromatic heterocycles. The van der Waals surface area contributed by atoms with E-state index in [1.54, 1.807) is 0 Å². The Morgan fingerprint density at radius 2 is 1.69 bits per heavy atom. The second-order valence-electron chi connectivity index (χ2n) is 6.96. The molecule has 2 aromatic carbocycles. The topological polar surface area (TPSA) is 35.6 Å².